The van der Waals surface area contributed by atoms with Gasteiger partial charge in [0, 0.05) is 24.7 Å². The van der Waals surface area contributed by atoms with Crippen LogP contribution in [-0.2, 0) is 9.53 Å². The van der Waals surface area contributed by atoms with Crippen molar-refractivity contribution < 1.29 is 24.9 Å². The lowest BCUT2D eigenvalue weighted by atomic mass is 9.41. The first kappa shape index (κ1) is 28.1. The van der Waals surface area contributed by atoms with Gasteiger partial charge in [0.25, 0.3) is 0 Å². The molecular formula is C31H52O5. The van der Waals surface area contributed by atoms with E-state index < -0.39 is 23.2 Å². The van der Waals surface area contributed by atoms with Gasteiger partial charge in [0.15, 0.2) is 0 Å². The Hall–Kier alpha value is -0.910. The molecule has 4 fully saturated rings. The van der Waals surface area contributed by atoms with E-state index in [4.69, 9.17) is 4.74 Å². The second-order valence-corrected chi connectivity index (χ2v) is 14.1. The zero-order valence-electron chi connectivity index (χ0n) is 24.0. The second kappa shape index (κ2) is 9.68. The molecular weight excluding hydrogens is 452 g/mol. The predicted molar refractivity (Wildman–Crippen MR) is 142 cm³/mol. The van der Waals surface area contributed by atoms with Gasteiger partial charge in [-0.15, -0.1) is 0 Å². The van der Waals surface area contributed by atoms with Crippen molar-refractivity contribution in [3.63, 3.8) is 0 Å². The van der Waals surface area contributed by atoms with E-state index in [1.165, 1.54) is 12.5 Å². The molecule has 0 amide bonds. The standard InChI is InChI=1S/C31H52O5/c1-17(2)20(5)18(3)13-19(4)24-9-10-25-23-14-27(34)31(35)15-22(33)11-12-30(31,8)28(23)26(36-21(6)32)16-29(24,25)7/h13,17,19-20,22-28,33-35H,9-12,14-16H2,1-8H3/t19?,20?,22?,23-,24+,25-,26?,27?,28+,29+,30+,31?/m0/s1. The van der Waals surface area contributed by atoms with Crippen molar-refractivity contribution in [1.82, 2.24) is 0 Å². The Labute approximate surface area is 219 Å². The summed E-state index contributed by atoms with van der Waals surface area (Å²) < 4.78 is 6.12. The maximum absolute atomic E-state index is 12.4. The first-order valence-electron chi connectivity index (χ1n) is 14.6. The van der Waals surface area contributed by atoms with E-state index in [1.54, 1.807) is 0 Å². The summed E-state index contributed by atoms with van der Waals surface area (Å²) in [6.07, 6.45) is 5.78. The van der Waals surface area contributed by atoms with Gasteiger partial charge in [0.1, 0.15) is 6.10 Å². The number of carbonyl (C=O) groups is 1. The molecule has 0 aliphatic heterocycles. The molecule has 0 bridgehead atoms. The highest BCUT2D eigenvalue weighted by molar-refractivity contribution is 5.66. The molecule has 5 nitrogen and oxygen atoms in total. The highest BCUT2D eigenvalue weighted by atomic mass is 16.5. The summed E-state index contributed by atoms with van der Waals surface area (Å²) in [5.41, 5.74) is -0.474. The van der Waals surface area contributed by atoms with Crippen LogP contribution in [0.25, 0.3) is 0 Å². The average molecular weight is 505 g/mol. The number of fused-ring (bicyclic) bond motifs is 5. The molecule has 4 aliphatic carbocycles. The number of aliphatic hydroxyl groups is 3. The number of ether oxygens (including phenoxy) is 1. The smallest absolute Gasteiger partial charge is 0.302 e. The SMILES string of the molecule is CC(=O)OC1C[C@]2(C)[C@@H](C(C)C=C(C)C(C)C(C)C)CC[C@H]2[C@@H]2CC(O)C3(O)CC(O)CC[C@]3(C)[C@@H]12. The topological polar surface area (TPSA) is 87.0 Å². The van der Waals surface area contributed by atoms with Crippen LogP contribution in [0, 0.1) is 52.3 Å². The Bertz CT molecular complexity index is 867. The average Bonchev–Trinajstić information content (AvgIpc) is 3.11. The van der Waals surface area contributed by atoms with E-state index in [1.807, 2.05) is 0 Å². The Morgan fingerprint density at radius 3 is 2.31 bits per heavy atom. The van der Waals surface area contributed by atoms with Crippen LogP contribution in [0.15, 0.2) is 11.6 Å². The van der Waals surface area contributed by atoms with E-state index in [-0.39, 0.29) is 35.7 Å². The molecule has 0 heterocycles. The minimum atomic E-state index is -1.35. The molecule has 0 aromatic rings. The molecule has 0 radical (unpaired) electrons. The van der Waals surface area contributed by atoms with Gasteiger partial charge < -0.3 is 20.1 Å². The van der Waals surface area contributed by atoms with Crippen LogP contribution in [0.4, 0.5) is 0 Å². The first-order valence-corrected chi connectivity index (χ1v) is 14.6. The first-order chi connectivity index (χ1) is 16.7. The number of hydrogen-bond donors (Lipinski definition) is 3. The third kappa shape index (κ3) is 4.29. The van der Waals surface area contributed by atoms with Crippen molar-refractivity contribution in [2.24, 2.45) is 52.3 Å². The minimum Gasteiger partial charge on any atom is -0.462 e. The molecule has 0 aromatic heterocycles. The second-order valence-electron chi connectivity index (χ2n) is 14.1. The van der Waals surface area contributed by atoms with Gasteiger partial charge in [-0.3, -0.25) is 4.79 Å². The van der Waals surface area contributed by atoms with Crippen molar-refractivity contribution in [1.29, 1.82) is 0 Å². The van der Waals surface area contributed by atoms with E-state index in [2.05, 4.69) is 54.5 Å². The number of allylic oxidation sites excluding steroid dienone is 2. The third-order valence-electron chi connectivity index (χ3n) is 12.0. The summed E-state index contributed by atoms with van der Waals surface area (Å²) >= 11 is 0. The summed E-state index contributed by atoms with van der Waals surface area (Å²) in [5.74, 6) is 2.44. The molecule has 3 N–H and O–H groups in total. The number of rotatable bonds is 5. The molecule has 0 spiro atoms. The largest absolute Gasteiger partial charge is 0.462 e. The molecule has 36 heavy (non-hydrogen) atoms. The fourth-order valence-electron chi connectivity index (χ4n) is 9.78. The van der Waals surface area contributed by atoms with Crippen molar-refractivity contribution in [2.45, 2.75) is 124 Å². The lowest BCUT2D eigenvalue weighted by Gasteiger charge is -2.66. The van der Waals surface area contributed by atoms with E-state index in [9.17, 15) is 20.1 Å². The maximum Gasteiger partial charge on any atom is 0.302 e. The summed E-state index contributed by atoms with van der Waals surface area (Å²) in [5, 5.41) is 33.7. The molecule has 4 rings (SSSR count). The van der Waals surface area contributed by atoms with E-state index in [0.29, 0.717) is 48.9 Å². The van der Waals surface area contributed by atoms with Gasteiger partial charge in [0.2, 0.25) is 0 Å². The Kier molecular flexibility index (Phi) is 7.56. The van der Waals surface area contributed by atoms with Crippen molar-refractivity contribution in [3.8, 4) is 0 Å². The molecule has 4 aliphatic rings. The fourth-order valence-corrected chi connectivity index (χ4v) is 9.78. The maximum atomic E-state index is 12.4. The van der Waals surface area contributed by atoms with Crippen LogP contribution in [0.1, 0.15) is 100 Å². The monoisotopic (exact) mass is 504 g/mol. The molecule has 0 aromatic carbocycles. The van der Waals surface area contributed by atoms with Crippen molar-refractivity contribution in [2.75, 3.05) is 0 Å². The fraction of sp³-hybridized carbons (Fsp3) is 0.903. The van der Waals surface area contributed by atoms with Crippen molar-refractivity contribution in [3.05, 3.63) is 11.6 Å². The summed E-state index contributed by atoms with van der Waals surface area (Å²) in [6, 6.07) is 0. The normalized spacial score (nSPS) is 48.6. The van der Waals surface area contributed by atoms with Crippen LogP contribution in [0.5, 0.6) is 0 Å². The highest BCUT2D eigenvalue weighted by Crippen LogP contribution is 2.69. The molecule has 206 valence electrons. The molecule has 4 saturated carbocycles. The zero-order valence-corrected chi connectivity index (χ0v) is 24.0. The summed E-state index contributed by atoms with van der Waals surface area (Å²) in [7, 11) is 0. The van der Waals surface area contributed by atoms with Crippen LogP contribution in [0.2, 0.25) is 0 Å². The third-order valence-corrected chi connectivity index (χ3v) is 12.0. The minimum absolute atomic E-state index is 0.00678. The number of aliphatic hydroxyl groups excluding tert-OH is 2. The van der Waals surface area contributed by atoms with Gasteiger partial charge in [0.05, 0.1) is 17.8 Å². The zero-order chi connectivity index (χ0) is 26.8. The molecule has 12 atom stereocenters. The quantitative estimate of drug-likeness (QED) is 0.340. The Morgan fingerprint density at radius 1 is 1.03 bits per heavy atom. The highest BCUT2D eigenvalue weighted by Gasteiger charge is 2.70. The van der Waals surface area contributed by atoms with Gasteiger partial charge in [-0.05, 0) is 86.4 Å². The lowest BCUT2D eigenvalue weighted by molar-refractivity contribution is -0.284. The summed E-state index contributed by atoms with van der Waals surface area (Å²) in [6.45, 7) is 17.5. The van der Waals surface area contributed by atoms with E-state index >= 15 is 0 Å². The van der Waals surface area contributed by atoms with Crippen LogP contribution < -0.4 is 0 Å². The Balaban J connectivity index is 1.71. The van der Waals surface area contributed by atoms with Gasteiger partial charge in [-0.25, -0.2) is 0 Å². The van der Waals surface area contributed by atoms with Crippen LogP contribution in [0.3, 0.4) is 0 Å². The van der Waals surface area contributed by atoms with Crippen LogP contribution in [-0.4, -0.2) is 45.2 Å². The van der Waals surface area contributed by atoms with Gasteiger partial charge in [-0.1, -0.05) is 53.2 Å². The molecule has 6 unspecified atom stereocenters. The van der Waals surface area contributed by atoms with E-state index in [0.717, 1.165) is 19.3 Å². The molecule has 5 heteroatoms. The van der Waals surface area contributed by atoms with Gasteiger partial charge in [-0.2, -0.15) is 0 Å². The number of esters is 1. The molecule has 0 saturated heterocycles. The van der Waals surface area contributed by atoms with Crippen LogP contribution >= 0.6 is 0 Å². The van der Waals surface area contributed by atoms with Gasteiger partial charge >= 0.3 is 5.97 Å². The Morgan fingerprint density at radius 2 is 1.69 bits per heavy atom. The number of carbonyl (C=O) groups excluding carboxylic acids is 1. The lowest BCUT2D eigenvalue weighted by Crippen LogP contribution is -2.71. The number of hydrogen-bond acceptors (Lipinski definition) is 5. The van der Waals surface area contributed by atoms with Crippen molar-refractivity contribution >= 4 is 5.97 Å². The predicted octanol–water partition coefficient (Wildman–Crippen LogP) is 5.51. The summed E-state index contributed by atoms with van der Waals surface area (Å²) in [4.78, 5) is 12.4.